The molecule has 0 bridgehead atoms. The van der Waals surface area contributed by atoms with Crippen LogP contribution in [0.5, 0.6) is 0 Å². The van der Waals surface area contributed by atoms with Crippen LogP contribution in [0.15, 0.2) is 0 Å². The van der Waals surface area contributed by atoms with Gasteiger partial charge in [-0.05, 0) is 0 Å². The lowest BCUT2D eigenvalue weighted by atomic mass is 10.5. The first-order valence-electron chi connectivity index (χ1n) is 3.60. The first-order chi connectivity index (χ1) is 5.33. The summed E-state index contributed by atoms with van der Waals surface area (Å²) in [7, 11) is 5.93. The maximum atomic E-state index is 10.1. The third-order valence-corrected chi connectivity index (χ3v) is 1.52. The van der Waals surface area contributed by atoms with Gasteiger partial charge in [0.25, 0.3) is 0 Å². The van der Waals surface area contributed by atoms with E-state index in [2.05, 4.69) is 0 Å². The van der Waals surface area contributed by atoms with Crippen LogP contribution in [0.1, 0.15) is 0 Å². The van der Waals surface area contributed by atoms with E-state index >= 15 is 0 Å². The normalized spacial score (nSPS) is 14.3. The predicted molar refractivity (Wildman–Crippen MR) is 44.2 cm³/mol. The number of hydrogen-bond acceptors (Lipinski definition) is 2. The molecule has 0 heterocycles. The molecule has 1 atom stereocenters. The van der Waals surface area contributed by atoms with Gasteiger partial charge in [-0.25, -0.2) is 9.90 Å². The fraction of sp³-hybridized carbons (Fsp3) is 0.857. The molecule has 0 aromatic heterocycles. The monoisotopic (exact) mass is 195 g/mol. The second-order valence-electron chi connectivity index (χ2n) is 3.52. The zero-order chi connectivity index (χ0) is 9.78. The van der Waals surface area contributed by atoms with Crippen molar-refractivity contribution in [2.75, 3.05) is 34.3 Å². The molecular weight excluding hydrogens is 182 g/mol. The number of alkyl halides is 1. The van der Waals surface area contributed by atoms with E-state index in [9.17, 15) is 9.90 Å². The SMILES string of the molecule is C[N+](C)(C)CCOC(Cl)C([O])=O. The van der Waals surface area contributed by atoms with Crippen LogP contribution >= 0.6 is 11.6 Å². The van der Waals surface area contributed by atoms with E-state index < -0.39 is 11.5 Å². The Labute approximate surface area is 77.3 Å². The average molecular weight is 196 g/mol. The van der Waals surface area contributed by atoms with Crippen molar-refractivity contribution in [2.24, 2.45) is 0 Å². The van der Waals surface area contributed by atoms with Crippen LogP contribution < -0.4 is 0 Å². The molecule has 0 aromatic rings. The summed E-state index contributed by atoms with van der Waals surface area (Å²) in [6, 6.07) is 0. The van der Waals surface area contributed by atoms with Crippen molar-refractivity contribution in [3.8, 4) is 0 Å². The van der Waals surface area contributed by atoms with Gasteiger partial charge < -0.3 is 9.22 Å². The predicted octanol–water partition coefficient (Wildman–Crippen LogP) is 0.231. The second-order valence-corrected chi connectivity index (χ2v) is 3.92. The molecule has 0 aliphatic carbocycles. The minimum Gasteiger partial charge on any atom is -0.346 e. The number of hydrogen-bond donors (Lipinski definition) is 0. The highest BCUT2D eigenvalue weighted by molar-refractivity contribution is 6.28. The van der Waals surface area contributed by atoms with Crippen molar-refractivity contribution in [3.63, 3.8) is 0 Å². The molecule has 0 fully saturated rings. The Balaban J connectivity index is 3.51. The number of rotatable bonds is 5. The third-order valence-electron chi connectivity index (χ3n) is 1.21. The van der Waals surface area contributed by atoms with Gasteiger partial charge in [0, 0.05) is 0 Å². The third kappa shape index (κ3) is 6.39. The van der Waals surface area contributed by atoms with Crippen LogP contribution in [0.2, 0.25) is 0 Å². The smallest absolute Gasteiger partial charge is 0.346 e. The van der Waals surface area contributed by atoms with Crippen molar-refractivity contribution in [2.45, 2.75) is 5.56 Å². The van der Waals surface area contributed by atoms with Gasteiger partial charge in [0.05, 0.1) is 27.7 Å². The summed E-state index contributed by atoms with van der Waals surface area (Å²) >= 11 is 5.25. The highest BCUT2D eigenvalue weighted by Gasteiger charge is 2.17. The molecule has 0 spiro atoms. The molecule has 5 heteroatoms. The van der Waals surface area contributed by atoms with E-state index in [1.54, 1.807) is 0 Å². The Morgan fingerprint density at radius 1 is 1.50 bits per heavy atom. The fourth-order valence-electron chi connectivity index (χ4n) is 0.498. The Kier molecular flexibility index (Phi) is 4.52. The summed E-state index contributed by atoms with van der Waals surface area (Å²) < 4.78 is 5.47. The van der Waals surface area contributed by atoms with Crippen molar-refractivity contribution in [1.82, 2.24) is 0 Å². The molecule has 0 amide bonds. The van der Waals surface area contributed by atoms with Gasteiger partial charge in [-0.1, -0.05) is 11.6 Å². The molecule has 0 aromatic carbocycles. The molecule has 0 N–H and O–H groups in total. The number of carbonyl (C=O) groups is 1. The standard InChI is InChI=1S/C7H14ClNO3/c1-9(2,3)4-5-12-6(8)7(10)11/h6H,4-5H2,1-3H3/q+1. The van der Waals surface area contributed by atoms with Gasteiger partial charge in [-0.2, -0.15) is 0 Å². The number of quaternary nitrogens is 1. The van der Waals surface area contributed by atoms with E-state index in [-0.39, 0.29) is 0 Å². The summed E-state index contributed by atoms with van der Waals surface area (Å²) in [6.45, 7) is 1.02. The van der Waals surface area contributed by atoms with Gasteiger partial charge in [0.2, 0.25) is 5.56 Å². The van der Waals surface area contributed by atoms with Crippen LogP contribution in [0.25, 0.3) is 0 Å². The molecule has 0 saturated heterocycles. The summed E-state index contributed by atoms with van der Waals surface area (Å²) in [5.41, 5.74) is -1.34. The molecule has 0 aliphatic rings. The van der Waals surface area contributed by atoms with Crippen LogP contribution in [-0.4, -0.2) is 50.3 Å². The maximum absolute atomic E-state index is 10.1. The molecule has 0 saturated carbocycles. The lowest BCUT2D eigenvalue weighted by Gasteiger charge is -2.23. The highest BCUT2D eigenvalue weighted by atomic mass is 35.5. The topological polar surface area (TPSA) is 46.2 Å². The first kappa shape index (κ1) is 11.7. The van der Waals surface area contributed by atoms with Crippen molar-refractivity contribution in [3.05, 3.63) is 0 Å². The quantitative estimate of drug-likeness (QED) is 0.466. The van der Waals surface area contributed by atoms with Gasteiger partial charge in [-0.15, -0.1) is 0 Å². The number of halogens is 1. The number of nitrogens with zero attached hydrogens (tertiary/aromatic N) is 1. The Morgan fingerprint density at radius 2 is 2.00 bits per heavy atom. The molecule has 1 unspecified atom stereocenters. The first-order valence-corrected chi connectivity index (χ1v) is 4.03. The Morgan fingerprint density at radius 3 is 2.33 bits per heavy atom. The van der Waals surface area contributed by atoms with Crippen molar-refractivity contribution < 1.29 is 19.1 Å². The number of likely N-dealkylation sites (N-methyl/N-ethyl adjacent to an activating group) is 1. The van der Waals surface area contributed by atoms with Crippen LogP contribution in [-0.2, 0) is 14.6 Å². The zero-order valence-electron chi connectivity index (χ0n) is 7.54. The molecule has 1 radical (unpaired) electrons. The van der Waals surface area contributed by atoms with E-state index in [4.69, 9.17) is 16.3 Å². The summed E-state index contributed by atoms with van der Waals surface area (Å²) in [4.78, 5) is 10.1. The van der Waals surface area contributed by atoms with Gasteiger partial charge in [0.1, 0.15) is 6.54 Å². The second kappa shape index (κ2) is 4.64. The average Bonchev–Trinajstić information content (AvgIpc) is 1.84. The number of ether oxygens (including phenoxy) is 1. The van der Waals surface area contributed by atoms with Crippen LogP contribution in [0, 0.1) is 0 Å². The molecule has 12 heavy (non-hydrogen) atoms. The maximum Gasteiger partial charge on any atom is 0.399 e. The fourth-order valence-corrected chi connectivity index (χ4v) is 0.587. The van der Waals surface area contributed by atoms with E-state index in [0.717, 1.165) is 0 Å². The lowest BCUT2D eigenvalue weighted by Crippen LogP contribution is -2.38. The molecule has 4 nitrogen and oxygen atoms in total. The van der Waals surface area contributed by atoms with Crippen LogP contribution in [0.4, 0.5) is 0 Å². The van der Waals surface area contributed by atoms with Gasteiger partial charge in [0.15, 0.2) is 0 Å². The Bertz CT molecular complexity index is 155. The molecule has 0 rings (SSSR count). The number of carbonyl (C=O) groups excluding carboxylic acids is 1. The highest BCUT2D eigenvalue weighted by Crippen LogP contribution is 1.99. The van der Waals surface area contributed by atoms with E-state index in [0.29, 0.717) is 17.6 Å². The van der Waals surface area contributed by atoms with Crippen molar-refractivity contribution in [1.29, 1.82) is 0 Å². The van der Waals surface area contributed by atoms with E-state index in [1.807, 2.05) is 21.1 Å². The summed E-state index contributed by atoms with van der Waals surface area (Å²) in [5, 5.41) is 10.1. The lowest BCUT2D eigenvalue weighted by molar-refractivity contribution is -0.870. The zero-order valence-corrected chi connectivity index (χ0v) is 8.30. The molecule has 0 aliphatic heterocycles. The van der Waals surface area contributed by atoms with Crippen LogP contribution in [0.3, 0.4) is 0 Å². The molecular formula is C7H14ClNO3+. The minimum absolute atomic E-state index is 0.311. The van der Waals surface area contributed by atoms with Gasteiger partial charge in [-0.3, -0.25) is 0 Å². The summed E-state index contributed by atoms with van der Waals surface area (Å²) in [5.74, 6) is -1.39. The largest absolute Gasteiger partial charge is 0.399 e. The summed E-state index contributed by atoms with van der Waals surface area (Å²) in [6.07, 6.45) is 0. The van der Waals surface area contributed by atoms with E-state index in [1.165, 1.54) is 0 Å². The molecule has 71 valence electrons. The van der Waals surface area contributed by atoms with Gasteiger partial charge >= 0.3 is 5.97 Å². The minimum atomic E-state index is -1.39. The van der Waals surface area contributed by atoms with Crippen molar-refractivity contribution >= 4 is 17.6 Å². The Hall–Kier alpha value is -0.320.